The first-order valence-corrected chi connectivity index (χ1v) is 10.4. The van der Waals surface area contributed by atoms with Crippen LogP contribution in [0.25, 0.3) is 22.0 Å². The number of hydrogen-bond acceptors (Lipinski definition) is 4. The Morgan fingerprint density at radius 1 is 1.17 bits per heavy atom. The van der Waals surface area contributed by atoms with Gasteiger partial charge in [-0.3, -0.25) is 9.59 Å². The second-order valence-corrected chi connectivity index (χ2v) is 8.54. The van der Waals surface area contributed by atoms with E-state index < -0.39 is 0 Å². The van der Waals surface area contributed by atoms with Crippen LogP contribution in [0.1, 0.15) is 32.1 Å². The lowest BCUT2D eigenvalue weighted by molar-refractivity contribution is -0.118. The lowest BCUT2D eigenvalue weighted by Gasteiger charge is -2.21. The van der Waals surface area contributed by atoms with Gasteiger partial charge in [0.2, 0.25) is 5.91 Å². The third-order valence-corrected chi connectivity index (χ3v) is 6.57. The van der Waals surface area contributed by atoms with Crippen molar-refractivity contribution in [2.24, 2.45) is 17.8 Å². The van der Waals surface area contributed by atoms with Crippen molar-refractivity contribution in [2.45, 2.75) is 32.1 Å². The SMILES string of the molecule is O=C(C[C@H]1C[C@@H]2CC[C@H]1C2)Nn1nc(-c2ccnc(Cl)c2)c2ccccc2c1=O. The molecule has 7 heteroatoms. The highest BCUT2D eigenvalue weighted by molar-refractivity contribution is 6.29. The molecule has 0 spiro atoms. The Hall–Kier alpha value is -2.73. The molecular weight excluding hydrogens is 388 g/mol. The Balaban J connectivity index is 1.49. The summed E-state index contributed by atoms with van der Waals surface area (Å²) in [5, 5.41) is 6.00. The summed E-state index contributed by atoms with van der Waals surface area (Å²) in [6.07, 6.45) is 6.93. The van der Waals surface area contributed by atoms with Crippen LogP contribution in [0.4, 0.5) is 0 Å². The second kappa shape index (κ2) is 7.26. The predicted octanol–water partition coefficient (Wildman–Crippen LogP) is 4.01. The standard InChI is InChI=1S/C22H21ClN4O2/c23-19-11-15(7-8-24-19)21-17-3-1-2-4-18(17)22(29)27(26-21)25-20(28)12-16-10-13-5-6-14(16)9-13/h1-4,7-8,11,13-14,16H,5-6,9-10,12H2,(H,25,28)/t13-,14+,16-/m1/s1. The Labute approximate surface area is 172 Å². The van der Waals surface area contributed by atoms with E-state index in [9.17, 15) is 9.59 Å². The van der Waals surface area contributed by atoms with Crippen molar-refractivity contribution in [3.8, 4) is 11.3 Å². The van der Waals surface area contributed by atoms with Gasteiger partial charge >= 0.3 is 0 Å². The number of carbonyl (C=O) groups is 1. The Kier molecular flexibility index (Phi) is 4.59. The molecule has 2 bridgehead atoms. The molecule has 2 aliphatic rings. The van der Waals surface area contributed by atoms with E-state index in [-0.39, 0.29) is 11.5 Å². The number of amides is 1. The van der Waals surface area contributed by atoms with E-state index in [4.69, 9.17) is 11.6 Å². The molecule has 6 nitrogen and oxygen atoms in total. The monoisotopic (exact) mass is 408 g/mol. The number of pyridine rings is 1. The summed E-state index contributed by atoms with van der Waals surface area (Å²) in [5.74, 6) is 1.69. The van der Waals surface area contributed by atoms with Crippen molar-refractivity contribution < 1.29 is 4.79 Å². The molecule has 148 valence electrons. The molecule has 0 saturated heterocycles. The molecule has 3 atom stereocenters. The smallest absolute Gasteiger partial charge is 0.273 e. The first kappa shape index (κ1) is 18.3. The van der Waals surface area contributed by atoms with Crippen LogP contribution < -0.4 is 11.0 Å². The van der Waals surface area contributed by atoms with Crippen LogP contribution in [0.5, 0.6) is 0 Å². The number of rotatable bonds is 4. The fraction of sp³-hybridized carbons (Fsp3) is 0.364. The average molecular weight is 409 g/mol. The van der Waals surface area contributed by atoms with Crippen LogP contribution >= 0.6 is 11.6 Å². The quantitative estimate of drug-likeness (QED) is 0.662. The molecule has 2 aromatic heterocycles. The normalized spacial score (nSPS) is 22.9. The maximum atomic E-state index is 12.9. The lowest BCUT2D eigenvalue weighted by atomic mass is 9.86. The lowest BCUT2D eigenvalue weighted by Crippen LogP contribution is -2.36. The zero-order chi connectivity index (χ0) is 20.0. The molecule has 0 aliphatic heterocycles. The number of fused-ring (bicyclic) bond motifs is 3. The van der Waals surface area contributed by atoms with E-state index in [1.165, 1.54) is 19.3 Å². The van der Waals surface area contributed by atoms with Gasteiger partial charge in [-0.1, -0.05) is 36.2 Å². The summed E-state index contributed by atoms with van der Waals surface area (Å²) in [6, 6.07) is 10.7. The number of hydrogen-bond donors (Lipinski definition) is 1. The molecule has 29 heavy (non-hydrogen) atoms. The number of nitrogens with zero attached hydrogens (tertiary/aromatic N) is 3. The molecule has 2 fully saturated rings. The van der Waals surface area contributed by atoms with Crippen molar-refractivity contribution >= 4 is 28.3 Å². The summed E-state index contributed by atoms with van der Waals surface area (Å²) in [5.41, 5.74) is 3.68. The van der Waals surface area contributed by atoms with Crippen molar-refractivity contribution in [3.05, 3.63) is 58.1 Å². The topological polar surface area (TPSA) is 76.9 Å². The van der Waals surface area contributed by atoms with Gasteiger partial charge in [0.05, 0.1) is 5.39 Å². The largest absolute Gasteiger partial charge is 0.294 e. The average Bonchev–Trinajstić information content (AvgIpc) is 3.33. The number of aromatic nitrogens is 3. The van der Waals surface area contributed by atoms with Crippen LogP contribution in [0, 0.1) is 17.8 Å². The first-order chi connectivity index (χ1) is 14.1. The highest BCUT2D eigenvalue weighted by atomic mass is 35.5. The van der Waals surface area contributed by atoms with Crippen LogP contribution in [0.3, 0.4) is 0 Å². The summed E-state index contributed by atoms with van der Waals surface area (Å²) in [6.45, 7) is 0. The van der Waals surface area contributed by atoms with Gasteiger partial charge < -0.3 is 0 Å². The third-order valence-electron chi connectivity index (χ3n) is 6.37. The minimum atomic E-state index is -0.342. The molecule has 0 unspecified atom stereocenters. The highest BCUT2D eigenvalue weighted by Crippen LogP contribution is 2.49. The van der Waals surface area contributed by atoms with Crippen molar-refractivity contribution in [2.75, 3.05) is 5.43 Å². The number of benzene rings is 1. The molecule has 2 aliphatic carbocycles. The molecule has 1 amide bonds. The van der Waals surface area contributed by atoms with Gasteiger partial charge in [-0.2, -0.15) is 0 Å². The van der Waals surface area contributed by atoms with Gasteiger partial charge in [0.25, 0.3) is 5.56 Å². The van der Waals surface area contributed by atoms with E-state index in [0.717, 1.165) is 22.7 Å². The summed E-state index contributed by atoms with van der Waals surface area (Å²) in [7, 11) is 0. The summed E-state index contributed by atoms with van der Waals surface area (Å²) < 4.78 is 0. The molecular formula is C22H21ClN4O2. The van der Waals surface area contributed by atoms with Gasteiger partial charge in [0, 0.05) is 23.6 Å². The molecule has 2 heterocycles. The van der Waals surface area contributed by atoms with Crippen LogP contribution in [-0.4, -0.2) is 20.8 Å². The first-order valence-electron chi connectivity index (χ1n) is 10.0. The summed E-state index contributed by atoms with van der Waals surface area (Å²) in [4.78, 5) is 30.7. The molecule has 1 aromatic carbocycles. The van der Waals surface area contributed by atoms with Gasteiger partial charge in [-0.25, -0.2) is 10.4 Å². The van der Waals surface area contributed by atoms with E-state index in [1.54, 1.807) is 30.5 Å². The third kappa shape index (κ3) is 3.42. The molecule has 5 rings (SSSR count). The molecule has 1 N–H and O–H groups in total. The molecule has 0 radical (unpaired) electrons. The van der Waals surface area contributed by atoms with Gasteiger partial charge in [0.15, 0.2) is 0 Å². The second-order valence-electron chi connectivity index (χ2n) is 8.15. The Morgan fingerprint density at radius 2 is 2.00 bits per heavy atom. The molecule has 3 aromatic rings. The van der Waals surface area contributed by atoms with Gasteiger partial charge in [-0.05, 0) is 55.2 Å². The van der Waals surface area contributed by atoms with Gasteiger partial charge in [0.1, 0.15) is 10.8 Å². The minimum absolute atomic E-state index is 0.161. The van der Waals surface area contributed by atoms with Crippen molar-refractivity contribution in [3.63, 3.8) is 0 Å². The minimum Gasteiger partial charge on any atom is -0.273 e. The van der Waals surface area contributed by atoms with Crippen LogP contribution in [-0.2, 0) is 4.79 Å². The fourth-order valence-corrected chi connectivity index (χ4v) is 5.23. The van der Waals surface area contributed by atoms with E-state index in [1.807, 2.05) is 12.1 Å². The maximum absolute atomic E-state index is 12.9. The van der Waals surface area contributed by atoms with E-state index in [2.05, 4.69) is 15.5 Å². The number of halogens is 1. The van der Waals surface area contributed by atoms with Crippen LogP contribution in [0.2, 0.25) is 5.15 Å². The predicted molar refractivity (Wildman–Crippen MR) is 112 cm³/mol. The zero-order valence-corrected chi connectivity index (χ0v) is 16.6. The molecule has 2 saturated carbocycles. The summed E-state index contributed by atoms with van der Waals surface area (Å²) >= 11 is 6.05. The van der Waals surface area contributed by atoms with E-state index >= 15 is 0 Å². The number of nitrogens with one attached hydrogen (secondary N) is 1. The fourth-order valence-electron chi connectivity index (χ4n) is 5.06. The highest BCUT2D eigenvalue weighted by Gasteiger charge is 2.40. The Morgan fingerprint density at radius 3 is 2.72 bits per heavy atom. The Bertz CT molecular complexity index is 1160. The van der Waals surface area contributed by atoms with Crippen LogP contribution in [0.15, 0.2) is 47.4 Å². The maximum Gasteiger partial charge on any atom is 0.294 e. The zero-order valence-electron chi connectivity index (χ0n) is 15.8. The number of carbonyl (C=O) groups excluding carboxylic acids is 1. The van der Waals surface area contributed by atoms with Gasteiger partial charge in [-0.15, -0.1) is 9.89 Å². The van der Waals surface area contributed by atoms with E-state index in [0.29, 0.717) is 39.9 Å². The van der Waals surface area contributed by atoms with Crippen molar-refractivity contribution in [1.82, 2.24) is 14.9 Å². The van der Waals surface area contributed by atoms with Crippen molar-refractivity contribution in [1.29, 1.82) is 0 Å².